The quantitative estimate of drug-likeness (QED) is 0.612. The van der Waals surface area contributed by atoms with Crippen molar-refractivity contribution in [1.82, 2.24) is 15.5 Å². The molecule has 0 aromatic carbocycles. The van der Waals surface area contributed by atoms with Crippen molar-refractivity contribution in [2.45, 2.75) is 44.9 Å². The van der Waals surface area contributed by atoms with E-state index in [0.29, 0.717) is 13.1 Å². The maximum Gasteiger partial charge on any atom is 0.237 e. The van der Waals surface area contributed by atoms with Gasteiger partial charge >= 0.3 is 0 Å². The Bertz CT molecular complexity index is 262. The predicted molar refractivity (Wildman–Crippen MR) is 67.8 cm³/mol. The van der Waals surface area contributed by atoms with Gasteiger partial charge in [0.1, 0.15) is 0 Å². The highest BCUT2D eigenvalue weighted by Crippen LogP contribution is 2.16. The van der Waals surface area contributed by atoms with Crippen molar-refractivity contribution in [2.24, 2.45) is 0 Å². The fourth-order valence-electron chi connectivity index (χ4n) is 2.07. The number of likely N-dealkylation sites (N-methyl/N-ethyl adjacent to an activating group) is 1. The van der Waals surface area contributed by atoms with E-state index >= 15 is 0 Å². The molecular weight excluding hydrogens is 218 g/mol. The molecule has 5 nitrogen and oxygen atoms in total. The molecule has 1 saturated heterocycles. The van der Waals surface area contributed by atoms with Crippen molar-refractivity contribution in [3.63, 3.8) is 0 Å². The summed E-state index contributed by atoms with van der Waals surface area (Å²) < 4.78 is 0. The lowest BCUT2D eigenvalue weighted by Gasteiger charge is -2.31. The number of aliphatic hydroxyl groups is 1. The molecule has 0 aliphatic carbocycles. The Morgan fingerprint density at radius 2 is 2.18 bits per heavy atom. The van der Waals surface area contributed by atoms with Crippen molar-refractivity contribution in [1.29, 1.82) is 0 Å². The van der Waals surface area contributed by atoms with Gasteiger partial charge in [0.25, 0.3) is 0 Å². The van der Waals surface area contributed by atoms with Crippen molar-refractivity contribution >= 4 is 5.91 Å². The summed E-state index contributed by atoms with van der Waals surface area (Å²) in [5.41, 5.74) is -0.693. The molecule has 3 N–H and O–H groups in total. The van der Waals surface area contributed by atoms with E-state index in [1.165, 1.54) is 0 Å². The summed E-state index contributed by atoms with van der Waals surface area (Å²) >= 11 is 0. The van der Waals surface area contributed by atoms with Crippen LogP contribution in [0.3, 0.4) is 0 Å². The van der Waals surface area contributed by atoms with Crippen LogP contribution in [0.15, 0.2) is 0 Å². The fraction of sp³-hybridized carbons (Fsp3) is 0.917. The second kappa shape index (κ2) is 5.80. The summed E-state index contributed by atoms with van der Waals surface area (Å²) in [6.07, 6.45) is 0.746. The van der Waals surface area contributed by atoms with Crippen molar-refractivity contribution in [3.05, 3.63) is 0 Å². The third-order valence-electron chi connectivity index (χ3n) is 3.24. The molecule has 0 aromatic rings. The van der Waals surface area contributed by atoms with Gasteiger partial charge in [-0.15, -0.1) is 0 Å². The lowest BCUT2D eigenvalue weighted by molar-refractivity contribution is -0.126. The molecule has 1 rings (SSSR count). The fourth-order valence-corrected chi connectivity index (χ4v) is 2.07. The van der Waals surface area contributed by atoms with Crippen LogP contribution in [0.25, 0.3) is 0 Å². The topological polar surface area (TPSA) is 64.6 Å². The number of β-amino-alcohol motifs (C(OH)–C–C–N with tert-alkyl or cyclic N) is 1. The highest BCUT2D eigenvalue weighted by atomic mass is 16.3. The van der Waals surface area contributed by atoms with E-state index in [-0.39, 0.29) is 18.0 Å². The van der Waals surface area contributed by atoms with Gasteiger partial charge in [0.2, 0.25) is 5.91 Å². The number of amides is 1. The maximum atomic E-state index is 11.8. The van der Waals surface area contributed by atoms with E-state index < -0.39 is 5.60 Å². The average Bonchev–Trinajstić information content (AvgIpc) is 2.62. The number of hydrogen-bond acceptors (Lipinski definition) is 4. The lowest BCUT2D eigenvalue weighted by Crippen LogP contribution is -2.51. The van der Waals surface area contributed by atoms with E-state index in [1.54, 1.807) is 0 Å². The van der Waals surface area contributed by atoms with Gasteiger partial charge < -0.3 is 15.7 Å². The standard InChI is InChI=1S/C12H25N3O2/c1-9(2)14-11(16)10(3)15(4)8-12(17)5-6-13-7-12/h9-10,13,17H,5-8H2,1-4H3,(H,14,16). The summed E-state index contributed by atoms with van der Waals surface area (Å²) in [4.78, 5) is 13.7. The summed E-state index contributed by atoms with van der Waals surface area (Å²) in [7, 11) is 1.88. The van der Waals surface area contributed by atoms with E-state index in [0.717, 1.165) is 13.0 Å². The predicted octanol–water partition coefficient (Wildman–Crippen LogP) is -0.444. The van der Waals surface area contributed by atoms with E-state index in [1.807, 2.05) is 32.7 Å². The second-order valence-electron chi connectivity index (χ2n) is 5.41. The second-order valence-corrected chi connectivity index (χ2v) is 5.41. The Morgan fingerprint density at radius 1 is 1.53 bits per heavy atom. The van der Waals surface area contributed by atoms with Crippen LogP contribution in [0, 0.1) is 0 Å². The van der Waals surface area contributed by atoms with Gasteiger partial charge in [-0.05, 0) is 40.8 Å². The number of rotatable bonds is 5. The summed E-state index contributed by atoms with van der Waals surface area (Å²) in [5, 5.41) is 16.3. The molecule has 0 bridgehead atoms. The molecule has 100 valence electrons. The van der Waals surface area contributed by atoms with Crippen molar-refractivity contribution in [2.75, 3.05) is 26.7 Å². The van der Waals surface area contributed by atoms with Crippen molar-refractivity contribution < 1.29 is 9.90 Å². The summed E-state index contributed by atoms with van der Waals surface area (Å²) in [5.74, 6) is 0.0112. The number of carbonyl (C=O) groups excluding carboxylic acids is 1. The third kappa shape index (κ3) is 4.26. The monoisotopic (exact) mass is 243 g/mol. The lowest BCUT2D eigenvalue weighted by atomic mass is 10.0. The van der Waals surface area contributed by atoms with Gasteiger partial charge in [0, 0.05) is 19.1 Å². The van der Waals surface area contributed by atoms with E-state index in [2.05, 4.69) is 10.6 Å². The van der Waals surface area contributed by atoms with Crippen LogP contribution in [-0.2, 0) is 4.79 Å². The number of carbonyl (C=O) groups is 1. The molecule has 5 heteroatoms. The first-order valence-electron chi connectivity index (χ1n) is 6.28. The number of hydrogen-bond donors (Lipinski definition) is 3. The Kier molecular flexibility index (Phi) is 4.91. The molecule has 0 spiro atoms. The molecular formula is C12H25N3O2. The zero-order chi connectivity index (χ0) is 13.1. The normalized spacial score (nSPS) is 26.5. The van der Waals surface area contributed by atoms with Gasteiger partial charge in [-0.25, -0.2) is 0 Å². The molecule has 17 heavy (non-hydrogen) atoms. The minimum absolute atomic E-state index is 0.0112. The van der Waals surface area contributed by atoms with Crippen LogP contribution in [0.5, 0.6) is 0 Å². The molecule has 1 heterocycles. The molecule has 1 amide bonds. The molecule has 0 aromatic heterocycles. The molecule has 1 aliphatic heterocycles. The van der Waals surface area contributed by atoms with Gasteiger partial charge in [-0.1, -0.05) is 0 Å². The van der Waals surface area contributed by atoms with E-state index in [9.17, 15) is 9.90 Å². The van der Waals surface area contributed by atoms with Crippen LogP contribution in [0.2, 0.25) is 0 Å². The van der Waals surface area contributed by atoms with Gasteiger partial charge in [0.15, 0.2) is 0 Å². The molecule has 1 fully saturated rings. The number of nitrogens with one attached hydrogen (secondary N) is 2. The van der Waals surface area contributed by atoms with Gasteiger partial charge in [-0.2, -0.15) is 0 Å². The Morgan fingerprint density at radius 3 is 2.65 bits per heavy atom. The minimum atomic E-state index is -0.693. The zero-order valence-electron chi connectivity index (χ0n) is 11.3. The van der Waals surface area contributed by atoms with Crippen LogP contribution in [-0.4, -0.2) is 60.3 Å². The minimum Gasteiger partial charge on any atom is -0.387 e. The molecule has 1 aliphatic rings. The van der Waals surface area contributed by atoms with E-state index in [4.69, 9.17) is 0 Å². The molecule has 2 atom stereocenters. The smallest absolute Gasteiger partial charge is 0.237 e. The molecule has 0 saturated carbocycles. The highest BCUT2D eigenvalue weighted by molar-refractivity contribution is 5.81. The first-order valence-corrected chi connectivity index (χ1v) is 6.28. The maximum absolute atomic E-state index is 11.8. The van der Waals surface area contributed by atoms with Crippen LogP contribution >= 0.6 is 0 Å². The van der Waals surface area contributed by atoms with Gasteiger partial charge in [-0.3, -0.25) is 9.69 Å². The molecule has 2 unspecified atom stereocenters. The summed E-state index contributed by atoms with van der Waals surface area (Å²) in [6.45, 7) is 7.72. The van der Waals surface area contributed by atoms with Crippen LogP contribution in [0.1, 0.15) is 27.2 Å². The molecule has 0 radical (unpaired) electrons. The van der Waals surface area contributed by atoms with Crippen LogP contribution in [0.4, 0.5) is 0 Å². The average molecular weight is 243 g/mol. The first-order chi connectivity index (χ1) is 7.84. The number of nitrogens with zero attached hydrogens (tertiary/aromatic N) is 1. The largest absolute Gasteiger partial charge is 0.387 e. The zero-order valence-corrected chi connectivity index (χ0v) is 11.3. The Balaban J connectivity index is 2.46. The van der Waals surface area contributed by atoms with Crippen LogP contribution < -0.4 is 10.6 Å². The summed E-state index contributed by atoms with van der Waals surface area (Å²) in [6, 6.07) is -0.0726. The first kappa shape index (κ1) is 14.4. The highest BCUT2D eigenvalue weighted by Gasteiger charge is 2.34. The third-order valence-corrected chi connectivity index (χ3v) is 3.24. The SMILES string of the molecule is CC(C)NC(=O)C(C)N(C)CC1(O)CCNC1. The van der Waals surface area contributed by atoms with Gasteiger partial charge in [0.05, 0.1) is 11.6 Å². The Labute approximate surface area is 104 Å². The Hall–Kier alpha value is -0.650. The van der Waals surface area contributed by atoms with Crippen molar-refractivity contribution in [3.8, 4) is 0 Å².